The van der Waals surface area contributed by atoms with Gasteiger partial charge in [-0.05, 0) is 42.7 Å². The normalized spacial score (nSPS) is 10.5. The third-order valence-corrected chi connectivity index (χ3v) is 4.78. The molecule has 0 spiro atoms. The van der Waals surface area contributed by atoms with Crippen LogP contribution in [0, 0.1) is 0 Å². The Kier molecular flexibility index (Phi) is 7.05. The highest BCUT2D eigenvalue weighted by atomic mass is 35.5. The lowest BCUT2D eigenvalue weighted by molar-refractivity contribution is -0.116. The van der Waals surface area contributed by atoms with Crippen molar-refractivity contribution >= 4 is 39.9 Å². The lowest BCUT2D eigenvalue weighted by Gasteiger charge is -2.06. The van der Waals surface area contributed by atoms with Gasteiger partial charge in [-0.25, -0.2) is 0 Å². The maximum absolute atomic E-state index is 12.4. The van der Waals surface area contributed by atoms with Crippen LogP contribution >= 0.6 is 23.1 Å². The highest BCUT2D eigenvalue weighted by molar-refractivity contribution is 7.10. The van der Waals surface area contributed by atoms with E-state index in [1.807, 2.05) is 30.3 Å². The molecule has 28 heavy (non-hydrogen) atoms. The van der Waals surface area contributed by atoms with Gasteiger partial charge in [0.2, 0.25) is 5.91 Å². The van der Waals surface area contributed by atoms with E-state index < -0.39 is 5.91 Å². The molecule has 1 aromatic carbocycles. The van der Waals surface area contributed by atoms with E-state index >= 15 is 0 Å². The smallest absolute Gasteiger partial charge is 0.275 e. The average Bonchev–Trinajstić information content (AvgIpc) is 3.16. The molecular formula is C19H18ClN5O2S. The number of carbonyl (C=O) groups is 2. The number of anilines is 1. The van der Waals surface area contributed by atoms with Crippen molar-refractivity contribution in [1.29, 1.82) is 0 Å². The summed E-state index contributed by atoms with van der Waals surface area (Å²) >= 11 is 6.82. The zero-order valence-corrected chi connectivity index (χ0v) is 16.5. The Labute approximate surface area is 171 Å². The molecule has 2 amide bonds. The summed E-state index contributed by atoms with van der Waals surface area (Å²) in [6, 6.07) is 12.9. The van der Waals surface area contributed by atoms with E-state index in [2.05, 4.69) is 25.2 Å². The molecule has 9 heteroatoms. The van der Waals surface area contributed by atoms with Gasteiger partial charge in [0.05, 0.1) is 0 Å². The van der Waals surface area contributed by atoms with E-state index in [0.29, 0.717) is 35.8 Å². The molecule has 7 nitrogen and oxygen atoms in total. The predicted molar refractivity (Wildman–Crippen MR) is 108 cm³/mol. The number of benzene rings is 1. The van der Waals surface area contributed by atoms with Crippen molar-refractivity contribution < 1.29 is 9.59 Å². The molecule has 3 rings (SSSR count). The Balaban J connectivity index is 1.48. The summed E-state index contributed by atoms with van der Waals surface area (Å²) in [5, 5.41) is 10.3. The molecule has 0 aliphatic heterocycles. The summed E-state index contributed by atoms with van der Waals surface area (Å²) < 4.78 is 3.78. The predicted octanol–water partition coefficient (Wildman–Crippen LogP) is 3.48. The second-order valence-corrected chi connectivity index (χ2v) is 7.17. The minimum Gasteiger partial charge on any atom is -0.346 e. The van der Waals surface area contributed by atoms with Gasteiger partial charge < -0.3 is 10.6 Å². The van der Waals surface area contributed by atoms with Gasteiger partial charge in [0, 0.05) is 41.4 Å². The van der Waals surface area contributed by atoms with Gasteiger partial charge >= 0.3 is 0 Å². The molecule has 2 aromatic heterocycles. The number of carbonyl (C=O) groups excluding carboxylic acids is 2. The fourth-order valence-electron chi connectivity index (χ4n) is 2.45. The summed E-state index contributed by atoms with van der Waals surface area (Å²) in [4.78, 5) is 28.7. The number of rotatable bonds is 8. The van der Waals surface area contributed by atoms with Crippen molar-refractivity contribution in [2.45, 2.75) is 25.8 Å². The van der Waals surface area contributed by atoms with Crippen LogP contribution in [0.2, 0.25) is 5.02 Å². The highest BCUT2D eigenvalue weighted by Gasteiger charge is 2.18. The zero-order valence-electron chi connectivity index (χ0n) is 14.9. The molecule has 2 N–H and O–H groups in total. The minimum atomic E-state index is -0.396. The summed E-state index contributed by atoms with van der Waals surface area (Å²) in [7, 11) is 0. The van der Waals surface area contributed by atoms with E-state index in [9.17, 15) is 9.59 Å². The minimum absolute atomic E-state index is 0.108. The molecule has 0 saturated heterocycles. The lowest BCUT2D eigenvalue weighted by atomic mass is 10.1. The fourth-order valence-corrected chi connectivity index (χ4v) is 3.16. The van der Waals surface area contributed by atoms with Gasteiger partial charge in [0.25, 0.3) is 5.91 Å². The molecule has 3 aromatic rings. The lowest BCUT2D eigenvalue weighted by Crippen LogP contribution is -2.24. The number of aryl methyl sites for hydroxylation is 1. The quantitative estimate of drug-likeness (QED) is 0.587. The van der Waals surface area contributed by atoms with Crippen LogP contribution in [0.1, 0.15) is 34.6 Å². The van der Waals surface area contributed by atoms with Gasteiger partial charge in [0.15, 0.2) is 5.69 Å². The van der Waals surface area contributed by atoms with Crippen molar-refractivity contribution in [3.05, 3.63) is 70.6 Å². The van der Waals surface area contributed by atoms with Crippen molar-refractivity contribution in [2.24, 2.45) is 0 Å². The second kappa shape index (κ2) is 9.91. The fraction of sp³-hybridized carbons (Fsp3) is 0.211. The molecule has 0 aliphatic carbocycles. The van der Waals surface area contributed by atoms with E-state index in [0.717, 1.165) is 22.8 Å². The van der Waals surface area contributed by atoms with Crippen LogP contribution in [0.15, 0.2) is 48.7 Å². The summed E-state index contributed by atoms with van der Waals surface area (Å²) in [5.41, 5.74) is 1.95. The van der Waals surface area contributed by atoms with Gasteiger partial charge in [-0.3, -0.25) is 14.6 Å². The summed E-state index contributed by atoms with van der Waals surface area (Å²) in [6.07, 6.45) is 3.42. The van der Waals surface area contributed by atoms with Crippen LogP contribution in [-0.2, 0) is 17.8 Å². The SMILES string of the molecule is O=C(CCCc1ccccn1)Nc1snnc1C(=O)NCc1ccc(Cl)cc1. The maximum Gasteiger partial charge on any atom is 0.275 e. The van der Waals surface area contributed by atoms with Crippen molar-refractivity contribution in [3.63, 3.8) is 0 Å². The van der Waals surface area contributed by atoms with E-state index in [1.54, 1.807) is 18.3 Å². The Morgan fingerprint density at radius 3 is 2.68 bits per heavy atom. The zero-order chi connectivity index (χ0) is 19.8. The topological polar surface area (TPSA) is 96.9 Å². The molecule has 0 radical (unpaired) electrons. The van der Waals surface area contributed by atoms with E-state index in [4.69, 9.17) is 11.6 Å². The first kappa shape index (κ1) is 19.9. The van der Waals surface area contributed by atoms with Gasteiger partial charge in [-0.15, -0.1) is 5.10 Å². The summed E-state index contributed by atoms with van der Waals surface area (Å²) in [6.45, 7) is 0.324. The van der Waals surface area contributed by atoms with E-state index in [1.165, 1.54) is 0 Å². The number of nitrogens with one attached hydrogen (secondary N) is 2. The standard InChI is InChI=1S/C19H18ClN5O2S/c20-14-9-7-13(8-10-14)12-22-18(27)17-19(28-25-24-17)23-16(26)6-3-5-15-4-1-2-11-21-15/h1-2,4,7-11H,3,5-6,12H2,(H,22,27)(H,23,26). The van der Waals surface area contributed by atoms with Crippen LogP contribution in [0.4, 0.5) is 5.00 Å². The number of aromatic nitrogens is 3. The van der Waals surface area contributed by atoms with Crippen LogP contribution < -0.4 is 10.6 Å². The van der Waals surface area contributed by atoms with Gasteiger partial charge in [0.1, 0.15) is 5.00 Å². The Bertz CT molecular complexity index is 931. The molecule has 0 atom stereocenters. The third kappa shape index (κ3) is 5.83. The van der Waals surface area contributed by atoms with Crippen LogP contribution in [0.3, 0.4) is 0 Å². The van der Waals surface area contributed by atoms with Crippen LogP contribution in [0.25, 0.3) is 0 Å². The maximum atomic E-state index is 12.4. The first-order valence-corrected chi connectivity index (χ1v) is 9.81. The Morgan fingerprint density at radius 2 is 1.93 bits per heavy atom. The van der Waals surface area contributed by atoms with Gasteiger partial charge in [-0.1, -0.05) is 34.3 Å². The first-order valence-electron chi connectivity index (χ1n) is 8.66. The molecular weight excluding hydrogens is 398 g/mol. The molecule has 0 saturated carbocycles. The number of halogens is 1. The molecule has 0 aliphatic rings. The Hall–Kier alpha value is -2.84. The largest absolute Gasteiger partial charge is 0.346 e. The monoisotopic (exact) mass is 415 g/mol. The van der Waals surface area contributed by atoms with Crippen molar-refractivity contribution in [2.75, 3.05) is 5.32 Å². The average molecular weight is 416 g/mol. The number of pyridine rings is 1. The number of amides is 2. The summed E-state index contributed by atoms with van der Waals surface area (Å²) in [5.74, 6) is -0.582. The number of hydrogen-bond acceptors (Lipinski definition) is 6. The van der Waals surface area contributed by atoms with Crippen molar-refractivity contribution in [3.8, 4) is 0 Å². The van der Waals surface area contributed by atoms with Gasteiger partial charge in [-0.2, -0.15) is 0 Å². The molecule has 0 unspecified atom stereocenters. The number of nitrogens with zero attached hydrogens (tertiary/aromatic N) is 3. The van der Waals surface area contributed by atoms with Crippen molar-refractivity contribution in [1.82, 2.24) is 19.9 Å². The highest BCUT2D eigenvalue weighted by Crippen LogP contribution is 2.18. The molecule has 144 valence electrons. The third-order valence-electron chi connectivity index (χ3n) is 3.89. The van der Waals surface area contributed by atoms with Crippen LogP contribution in [-0.4, -0.2) is 26.4 Å². The molecule has 0 fully saturated rings. The molecule has 0 bridgehead atoms. The van der Waals surface area contributed by atoms with Crippen LogP contribution in [0.5, 0.6) is 0 Å². The second-order valence-electron chi connectivity index (χ2n) is 5.98. The number of hydrogen-bond donors (Lipinski definition) is 2. The first-order chi connectivity index (χ1) is 13.6. The molecule has 2 heterocycles. The Morgan fingerprint density at radius 1 is 1.11 bits per heavy atom. The van der Waals surface area contributed by atoms with E-state index in [-0.39, 0.29) is 11.6 Å².